The molecule has 2 aliphatic rings. The minimum absolute atomic E-state index is 0.202. The first-order valence-electron chi connectivity index (χ1n) is 4.86. The molecule has 100 valence electrons. The third-order valence-corrected chi connectivity index (χ3v) is 6.98. The van der Waals surface area contributed by atoms with Gasteiger partial charge >= 0.3 is 15.2 Å². The quantitative estimate of drug-likeness (QED) is 0.366. The van der Waals surface area contributed by atoms with Gasteiger partial charge in [0.15, 0.2) is 0 Å². The summed E-state index contributed by atoms with van der Waals surface area (Å²) in [5.41, 5.74) is 5.51. The monoisotopic (exact) mass is 294 g/mol. The first kappa shape index (κ1) is 13.5. The van der Waals surface area contributed by atoms with Gasteiger partial charge in [-0.15, -0.1) is 0 Å². The molecule has 1 heterocycles. The lowest BCUT2D eigenvalue weighted by molar-refractivity contribution is 0.330. The lowest BCUT2D eigenvalue weighted by Crippen LogP contribution is -2.32. The molecule has 1 aliphatic carbocycles. The first-order valence-corrected chi connectivity index (χ1v) is 8.09. The van der Waals surface area contributed by atoms with E-state index >= 15 is 0 Å². The maximum atomic E-state index is 11.5. The van der Waals surface area contributed by atoms with Gasteiger partial charge in [0.2, 0.25) is 4.90 Å². The molecule has 0 saturated heterocycles. The topological polar surface area (TPSA) is 153 Å². The van der Waals surface area contributed by atoms with Crippen LogP contribution in [0.5, 0.6) is 0 Å². The van der Waals surface area contributed by atoms with Crippen molar-refractivity contribution in [2.75, 3.05) is 6.54 Å². The van der Waals surface area contributed by atoms with Crippen LogP contribution in [0.1, 0.15) is 0 Å². The van der Waals surface area contributed by atoms with Crippen molar-refractivity contribution in [3.8, 4) is 0 Å². The summed E-state index contributed by atoms with van der Waals surface area (Å²) in [6, 6.07) is 0. The molecular formula is C8H12N2O6P2. The fraction of sp³-hybridized carbons (Fsp3) is 0.250. The van der Waals surface area contributed by atoms with Crippen molar-refractivity contribution >= 4 is 15.2 Å². The van der Waals surface area contributed by atoms with Gasteiger partial charge in [-0.2, -0.15) is 0 Å². The summed E-state index contributed by atoms with van der Waals surface area (Å²) in [5.74, 6) is 0. The summed E-state index contributed by atoms with van der Waals surface area (Å²) in [6.45, 7) is 0.390. The molecule has 0 radical (unpaired) electrons. The number of hydrogen-bond donors (Lipinski definition) is 6. The van der Waals surface area contributed by atoms with E-state index in [0.29, 0.717) is 6.54 Å². The summed E-state index contributed by atoms with van der Waals surface area (Å²) in [7, 11) is -10.4. The Balaban J connectivity index is 2.79. The largest absolute Gasteiger partial charge is 0.400 e. The van der Waals surface area contributed by atoms with Gasteiger partial charge in [0.25, 0.3) is 0 Å². The fourth-order valence-corrected chi connectivity index (χ4v) is 4.84. The van der Waals surface area contributed by atoms with E-state index in [1.54, 1.807) is 6.08 Å². The Bertz CT molecular complexity index is 558. The highest BCUT2D eigenvalue weighted by atomic mass is 31.2. The Hall–Kier alpha value is -0.880. The number of nitrogens with one attached hydrogen (secondary N) is 1. The molecule has 2 rings (SSSR count). The molecule has 0 amide bonds. The number of rotatable bonds is 2. The number of fused-ring (bicyclic) bond motifs is 1. The molecule has 0 aromatic rings. The Kier molecular flexibility index (Phi) is 2.86. The summed E-state index contributed by atoms with van der Waals surface area (Å²) in [6.07, 6.45) is 3.95. The van der Waals surface area contributed by atoms with Gasteiger partial charge in [-0.3, -0.25) is 9.13 Å². The summed E-state index contributed by atoms with van der Waals surface area (Å²) in [5, 5.41) is 2.76. The second kappa shape index (κ2) is 3.81. The predicted octanol–water partition coefficient (Wildman–Crippen LogP) is -0.692. The Labute approximate surface area is 102 Å². The maximum absolute atomic E-state index is 11.5. The summed E-state index contributed by atoms with van der Waals surface area (Å²) in [4.78, 5) is 34.5. The molecular weight excluding hydrogens is 282 g/mol. The van der Waals surface area contributed by atoms with Crippen LogP contribution in [0.25, 0.3) is 0 Å². The highest BCUT2D eigenvalue weighted by Crippen LogP contribution is 2.74. The zero-order valence-corrected chi connectivity index (χ0v) is 10.8. The average Bonchev–Trinajstić information content (AvgIpc) is 2.52. The van der Waals surface area contributed by atoms with E-state index in [9.17, 15) is 28.7 Å². The minimum atomic E-state index is -5.19. The normalized spacial score (nSPS) is 22.6. The molecule has 0 fully saturated rings. The van der Waals surface area contributed by atoms with E-state index in [1.807, 2.05) is 0 Å². The Morgan fingerprint density at radius 2 is 1.78 bits per heavy atom. The first-order chi connectivity index (χ1) is 8.11. The molecule has 0 unspecified atom stereocenters. The zero-order chi connectivity index (χ0) is 13.8. The zero-order valence-electron chi connectivity index (χ0n) is 9.02. The molecule has 1 aliphatic heterocycles. The highest BCUT2D eigenvalue weighted by molar-refractivity contribution is 7.73. The second-order valence-corrected chi connectivity index (χ2v) is 7.92. The van der Waals surface area contributed by atoms with Gasteiger partial charge in [0, 0.05) is 17.8 Å². The van der Waals surface area contributed by atoms with E-state index in [0.717, 1.165) is 6.08 Å². The lowest BCUT2D eigenvalue weighted by Gasteiger charge is -2.29. The molecule has 0 saturated carbocycles. The molecule has 18 heavy (non-hydrogen) atoms. The van der Waals surface area contributed by atoms with Crippen LogP contribution in [0, 0.1) is 0 Å². The van der Waals surface area contributed by atoms with E-state index in [2.05, 4.69) is 5.32 Å². The van der Waals surface area contributed by atoms with Crippen LogP contribution in [-0.2, 0) is 9.13 Å². The third-order valence-electron chi connectivity index (χ3n) is 2.91. The molecule has 0 aromatic carbocycles. The number of allylic oxidation sites excluding steroid dienone is 2. The van der Waals surface area contributed by atoms with Gasteiger partial charge in [0.05, 0.1) is 5.70 Å². The summed E-state index contributed by atoms with van der Waals surface area (Å²) >= 11 is 0. The smallest absolute Gasteiger partial charge is 0.353 e. The lowest BCUT2D eigenvalue weighted by atomic mass is 10.1. The highest BCUT2D eigenvalue weighted by Gasteiger charge is 2.64. The van der Waals surface area contributed by atoms with Crippen molar-refractivity contribution in [3.63, 3.8) is 0 Å². The van der Waals surface area contributed by atoms with Gasteiger partial charge in [-0.1, -0.05) is 12.2 Å². The van der Waals surface area contributed by atoms with Crippen LogP contribution >= 0.6 is 15.2 Å². The van der Waals surface area contributed by atoms with Crippen molar-refractivity contribution in [1.82, 2.24) is 5.32 Å². The van der Waals surface area contributed by atoms with E-state index in [1.165, 1.54) is 6.08 Å². The molecule has 10 heteroatoms. The SMILES string of the molecule is NC1=C2C=CCNC2=CC1(P(=O)(O)O)P(=O)(O)O. The van der Waals surface area contributed by atoms with Gasteiger partial charge in [0.1, 0.15) is 0 Å². The van der Waals surface area contributed by atoms with Crippen molar-refractivity contribution in [1.29, 1.82) is 0 Å². The third kappa shape index (κ3) is 1.62. The van der Waals surface area contributed by atoms with Crippen molar-refractivity contribution < 1.29 is 28.7 Å². The molecule has 0 aromatic heterocycles. The van der Waals surface area contributed by atoms with E-state index in [4.69, 9.17) is 5.73 Å². The van der Waals surface area contributed by atoms with Crippen LogP contribution in [0.4, 0.5) is 0 Å². The minimum Gasteiger partial charge on any atom is -0.400 e. The standard InChI is InChI=1S/C8H12N2O6P2/c9-7-5-2-1-3-10-6(5)4-8(7,17(11,12)13)18(14,15)16/h1-2,4,10H,3,9H2,(H2,11,12,13)(H2,14,15,16). The van der Waals surface area contributed by atoms with Crippen molar-refractivity contribution in [2.45, 2.75) is 4.90 Å². The van der Waals surface area contributed by atoms with Crippen LogP contribution in [-0.4, -0.2) is 31.0 Å². The molecule has 7 N–H and O–H groups in total. The van der Waals surface area contributed by atoms with E-state index < -0.39 is 25.8 Å². The van der Waals surface area contributed by atoms with Crippen LogP contribution in [0.15, 0.2) is 35.2 Å². The van der Waals surface area contributed by atoms with Gasteiger partial charge < -0.3 is 30.6 Å². The average molecular weight is 294 g/mol. The maximum Gasteiger partial charge on any atom is 0.353 e. The van der Waals surface area contributed by atoms with Crippen LogP contribution in [0.2, 0.25) is 0 Å². The molecule has 0 bridgehead atoms. The molecule has 0 atom stereocenters. The Morgan fingerprint density at radius 1 is 1.22 bits per heavy atom. The van der Waals surface area contributed by atoms with Crippen molar-refractivity contribution in [3.05, 3.63) is 35.2 Å². The fourth-order valence-electron chi connectivity index (χ4n) is 2.02. The molecule has 0 spiro atoms. The van der Waals surface area contributed by atoms with Crippen LogP contribution < -0.4 is 11.1 Å². The number of hydrogen-bond acceptors (Lipinski definition) is 4. The van der Waals surface area contributed by atoms with Gasteiger partial charge in [-0.05, 0) is 6.08 Å². The van der Waals surface area contributed by atoms with Gasteiger partial charge in [-0.25, -0.2) is 0 Å². The predicted molar refractivity (Wildman–Crippen MR) is 63.3 cm³/mol. The molecule has 8 nitrogen and oxygen atoms in total. The van der Waals surface area contributed by atoms with Crippen LogP contribution in [0.3, 0.4) is 0 Å². The summed E-state index contributed by atoms with van der Waals surface area (Å²) < 4.78 is 23.1. The van der Waals surface area contributed by atoms with E-state index in [-0.39, 0.29) is 11.3 Å². The second-order valence-electron chi connectivity index (χ2n) is 3.98. The van der Waals surface area contributed by atoms with Crippen molar-refractivity contribution in [2.24, 2.45) is 5.73 Å². The number of nitrogens with two attached hydrogens (primary N) is 1. The Morgan fingerprint density at radius 3 is 2.22 bits per heavy atom.